The van der Waals surface area contributed by atoms with Crippen molar-refractivity contribution < 1.29 is 36.2 Å². The van der Waals surface area contributed by atoms with Crippen LogP contribution in [0.1, 0.15) is 10.4 Å². The highest BCUT2D eigenvalue weighted by Gasteiger charge is 2.33. The Bertz CT molecular complexity index is 446. The van der Waals surface area contributed by atoms with Crippen molar-refractivity contribution in [1.29, 1.82) is 0 Å². The van der Waals surface area contributed by atoms with Gasteiger partial charge >= 0.3 is 13.0 Å². The highest BCUT2D eigenvalue weighted by atomic mass is 19.4. The van der Waals surface area contributed by atoms with E-state index in [2.05, 4.69) is 9.47 Å². The molecule has 0 atom stereocenters. The molecule has 0 heterocycles. The number of hydrogen-bond donors (Lipinski definition) is 1. The van der Waals surface area contributed by atoms with Crippen LogP contribution in [-0.2, 0) is 0 Å². The van der Waals surface area contributed by atoms with Crippen molar-refractivity contribution in [3.05, 3.63) is 23.8 Å². The van der Waals surface area contributed by atoms with Gasteiger partial charge in [0.05, 0.1) is 0 Å². The number of nitrogens with two attached hydrogens (primary N) is 1. The molecule has 1 aromatic carbocycles. The van der Waals surface area contributed by atoms with E-state index in [1.807, 2.05) is 0 Å². The average Bonchev–Trinajstić information content (AvgIpc) is 2.17. The van der Waals surface area contributed by atoms with Crippen molar-refractivity contribution in [1.82, 2.24) is 0 Å². The predicted octanol–water partition coefficient (Wildman–Crippen LogP) is 2.29. The molecule has 0 spiro atoms. The first kappa shape index (κ1) is 14.0. The molecule has 1 rings (SSSR count). The van der Waals surface area contributed by atoms with Crippen LogP contribution in [0.3, 0.4) is 0 Å². The maximum atomic E-state index is 12.0. The van der Waals surface area contributed by atoms with E-state index < -0.39 is 30.4 Å². The molecule has 0 aliphatic heterocycles. The summed E-state index contributed by atoms with van der Waals surface area (Å²) < 4.78 is 67.1. The summed E-state index contributed by atoms with van der Waals surface area (Å²) >= 11 is 0. The van der Waals surface area contributed by atoms with Gasteiger partial charge in [-0.1, -0.05) is 0 Å². The van der Waals surface area contributed by atoms with Crippen LogP contribution in [0, 0.1) is 0 Å². The van der Waals surface area contributed by atoms with Gasteiger partial charge in [-0.2, -0.15) is 8.78 Å². The number of primary amides is 1. The summed E-state index contributed by atoms with van der Waals surface area (Å²) in [6.45, 7) is -3.37. The lowest BCUT2D eigenvalue weighted by Crippen LogP contribution is -2.19. The summed E-state index contributed by atoms with van der Waals surface area (Å²) in [6.07, 6.45) is -5.07. The first-order valence-electron chi connectivity index (χ1n) is 4.33. The van der Waals surface area contributed by atoms with Crippen LogP contribution in [0.2, 0.25) is 0 Å². The zero-order valence-electron chi connectivity index (χ0n) is 8.50. The molecule has 4 nitrogen and oxygen atoms in total. The second-order valence-electron chi connectivity index (χ2n) is 2.95. The van der Waals surface area contributed by atoms with Gasteiger partial charge in [-0.15, -0.1) is 13.2 Å². The van der Waals surface area contributed by atoms with E-state index in [-0.39, 0.29) is 5.56 Å². The van der Waals surface area contributed by atoms with E-state index in [0.717, 1.165) is 6.07 Å². The summed E-state index contributed by atoms with van der Waals surface area (Å²) in [5.74, 6) is -2.93. The first-order valence-corrected chi connectivity index (χ1v) is 4.33. The molecule has 0 radical (unpaired) electrons. The van der Waals surface area contributed by atoms with Crippen molar-refractivity contribution in [2.24, 2.45) is 5.73 Å². The van der Waals surface area contributed by atoms with Gasteiger partial charge in [-0.3, -0.25) is 4.79 Å². The largest absolute Gasteiger partial charge is 0.573 e. The van der Waals surface area contributed by atoms with Gasteiger partial charge in [0.1, 0.15) is 0 Å². The summed E-state index contributed by atoms with van der Waals surface area (Å²) in [4.78, 5) is 10.8. The Morgan fingerprint density at radius 2 is 1.83 bits per heavy atom. The predicted molar refractivity (Wildman–Crippen MR) is 48.3 cm³/mol. The Balaban J connectivity index is 3.12. The van der Waals surface area contributed by atoms with Gasteiger partial charge in [0.15, 0.2) is 11.5 Å². The Morgan fingerprint density at radius 1 is 1.22 bits per heavy atom. The highest BCUT2D eigenvalue weighted by molar-refractivity contribution is 5.93. The fourth-order valence-corrected chi connectivity index (χ4v) is 1.06. The molecular weight excluding hydrogens is 265 g/mol. The number of ether oxygens (including phenoxy) is 2. The maximum absolute atomic E-state index is 12.0. The Morgan fingerprint density at radius 3 is 2.28 bits per heavy atom. The molecule has 0 fully saturated rings. The highest BCUT2D eigenvalue weighted by Crippen LogP contribution is 2.33. The van der Waals surface area contributed by atoms with Crippen LogP contribution in [-0.4, -0.2) is 18.9 Å². The molecule has 2 N–H and O–H groups in total. The lowest BCUT2D eigenvalue weighted by atomic mass is 10.2. The lowest BCUT2D eigenvalue weighted by molar-refractivity contribution is -0.275. The zero-order chi connectivity index (χ0) is 13.9. The third kappa shape index (κ3) is 4.07. The molecule has 0 bridgehead atoms. The molecule has 9 heteroatoms. The fraction of sp³-hybridized carbons (Fsp3) is 0.222. The Labute approximate surface area is 97.1 Å². The molecule has 0 unspecified atom stereocenters. The van der Waals surface area contributed by atoms with Crippen LogP contribution in [0.5, 0.6) is 11.5 Å². The van der Waals surface area contributed by atoms with Crippen molar-refractivity contribution in [3.8, 4) is 11.5 Å². The number of carbonyl (C=O) groups excluding carboxylic acids is 1. The van der Waals surface area contributed by atoms with Crippen LogP contribution in [0.15, 0.2) is 18.2 Å². The molecule has 18 heavy (non-hydrogen) atoms. The molecular formula is C9H6F5NO3. The van der Waals surface area contributed by atoms with Crippen molar-refractivity contribution >= 4 is 5.91 Å². The topological polar surface area (TPSA) is 61.6 Å². The maximum Gasteiger partial charge on any atom is 0.573 e. The first-order chi connectivity index (χ1) is 8.19. The fourth-order valence-electron chi connectivity index (χ4n) is 1.06. The molecule has 0 aliphatic rings. The third-order valence-corrected chi connectivity index (χ3v) is 1.67. The standard InChI is InChI=1S/C9H6F5NO3/c10-8(11)17-6-3-4(7(15)16)1-2-5(6)18-9(12,13)14/h1-3,8H,(H2,15,16). The third-order valence-electron chi connectivity index (χ3n) is 1.67. The van der Waals surface area contributed by atoms with Gasteiger partial charge < -0.3 is 15.2 Å². The summed E-state index contributed by atoms with van der Waals surface area (Å²) in [7, 11) is 0. The van der Waals surface area contributed by atoms with Gasteiger partial charge in [-0.05, 0) is 18.2 Å². The molecule has 100 valence electrons. The average molecular weight is 271 g/mol. The van der Waals surface area contributed by atoms with Crippen LogP contribution < -0.4 is 15.2 Å². The normalized spacial score (nSPS) is 11.4. The molecule has 0 saturated carbocycles. The minimum Gasteiger partial charge on any atom is -0.431 e. The minimum absolute atomic E-state index is 0.292. The quantitative estimate of drug-likeness (QED) is 0.854. The summed E-state index contributed by atoms with van der Waals surface area (Å²) in [6, 6.07) is 2.18. The molecule has 1 amide bonds. The smallest absolute Gasteiger partial charge is 0.431 e. The number of amides is 1. The van der Waals surface area contributed by atoms with E-state index in [1.54, 1.807) is 0 Å². The SMILES string of the molecule is NC(=O)c1ccc(OC(F)(F)F)c(OC(F)F)c1. The van der Waals surface area contributed by atoms with Gasteiger partial charge in [0.25, 0.3) is 0 Å². The van der Waals surface area contributed by atoms with Gasteiger partial charge in [0.2, 0.25) is 5.91 Å². The van der Waals surface area contributed by atoms with Crippen LogP contribution in [0.4, 0.5) is 22.0 Å². The second-order valence-corrected chi connectivity index (χ2v) is 2.95. The van der Waals surface area contributed by atoms with Crippen molar-refractivity contribution in [2.45, 2.75) is 13.0 Å². The van der Waals surface area contributed by atoms with E-state index in [9.17, 15) is 26.7 Å². The Hall–Kier alpha value is -2.06. The Kier molecular flexibility index (Phi) is 3.94. The van der Waals surface area contributed by atoms with Crippen LogP contribution >= 0.6 is 0 Å². The number of alkyl halides is 5. The number of benzene rings is 1. The molecule has 0 aliphatic carbocycles. The summed E-state index contributed by atoms with van der Waals surface area (Å²) in [5.41, 5.74) is 4.55. The van der Waals surface area contributed by atoms with E-state index in [4.69, 9.17) is 5.73 Å². The number of hydrogen-bond acceptors (Lipinski definition) is 3. The van der Waals surface area contributed by atoms with Crippen molar-refractivity contribution in [3.63, 3.8) is 0 Å². The molecule has 0 aromatic heterocycles. The minimum atomic E-state index is -5.07. The lowest BCUT2D eigenvalue weighted by Gasteiger charge is -2.14. The summed E-state index contributed by atoms with van der Waals surface area (Å²) in [5, 5.41) is 0. The van der Waals surface area contributed by atoms with Gasteiger partial charge in [-0.25, -0.2) is 0 Å². The number of carbonyl (C=O) groups is 1. The molecule has 1 aromatic rings. The van der Waals surface area contributed by atoms with Crippen LogP contribution in [0.25, 0.3) is 0 Å². The van der Waals surface area contributed by atoms with E-state index >= 15 is 0 Å². The number of rotatable bonds is 4. The molecule has 0 saturated heterocycles. The number of halogens is 5. The monoisotopic (exact) mass is 271 g/mol. The zero-order valence-corrected chi connectivity index (χ0v) is 8.50. The second kappa shape index (κ2) is 5.07. The van der Waals surface area contributed by atoms with Gasteiger partial charge in [0, 0.05) is 5.56 Å². The van der Waals surface area contributed by atoms with E-state index in [1.165, 1.54) is 0 Å². The van der Waals surface area contributed by atoms with E-state index in [0.29, 0.717) is 12.1 Å². The van der Waals surface area contributed by atoms with Crippen molar-refractivity contribution in [2.75, 3.05) is 0 Å².